The summed E-state index contributed by atoms with van der Waals surface area (Å²) in [6.07, 6.45) is 1.10. The van der Waals surface area contributed by atoms with Crippen LogP contribution in [0.5, 0.6) is 17.2 Å². The number of rotatable bonds is 3. The van der Waals surface area contributed by atoms with Crippen molar-refractivity contribution in [3.8, 4) is 17.2 Å². The molecule has 0 saturated carbocycles. The molecule has 0 unspecified atom stereocenters. The van der Waals surface area contributed by atoms with Crippen molar-refractivity contribution >= 4 is 35.0 Å². The zero-order valence-corrected chi connectivity index (χ0v) is 16.2. The number of nitrogens with zero attached hydrogens (tertiary/aromatic N) is 1. The Balaban J connectivity index is 1.58. The number of phenols is 3. The molecule has 1 saturated heterocycles. The van der Waals surface area contributed by atoms with Gasteiger partial charge in [0.2, 0.25) is 0 Å². The number of amides is 2. The third-order valence-electron chi connectivity index (χ3n) is 4.62. The number of nitrogens with one attached hydrogen (secondary N) is 1. The summed E-state index contributed by atoms with van der Waals surface area (Å²) >= 11 is 11.8. The number of likely N-dealkylation sites (tertiary alicyclic amines) is 1. The molecule has 0 radical (unpaired) electrons. The normalized spacial score (nSPS) is 14.7. The van der Waals surface area contributed by atoms with E-state index in [1.54, 1.807) is 17.0 Å². The maximum Gasteiger partial charge on any atom is 0.253 e. The summed E-state index contributed by atoms with van der Waals surface area (Å²) in [6, 6.07) is 6.72. The van der Waals surface area contributed by atoms with Gasteiger partial charge in [-0.1, -0.05) is 23.2 Å². The van der Waals surface area contributed by atoms with Gasteiger partial charge in [0.05, 0.1) is 10.0 Å². The number of carbonyl (C=O) groups is 2. The van der Waals surface area contributed by atoms with Crippen molar-refractivity contribution in [2.45, 2.75) is 18.9 Å². The van der Waals surface area contributed by atoms with E-state index in [4.69, 9.17) is 23.2 Å². The fourth-order valence-corrected chi connectivity index (χ4v) is 3.34. The average Bonchev–Trinajstić information content (AvgIpc) is 2.67. The van der Waals surface area contributed by atoms with Crippen molar-refractivity contribution < 1.29 is 24.9 Å². The molecule has 2 amide bonds. The van der Waals surface area contributed by atoms with Crippen molar-refractivity contribution in [3.63, 3.8) is 0 Å². The summed E-state index contributed by atoms with van der Waals surface area (Å²) in [5.74, 6) is -2.47. The highest BCUT2D eigenvalue weighted by Crippen LogP contribution is 2.35. The Morgan fingerprint density at radius 2 is 1.54 bits per heavy atom. The van der Waals surface area contributed by atoms with E-state index >= 15 is 0 Å². The van der Waals surface area contributed by atoms with Gasteiger partial charge in [0.15, 0.2) is 17.2 Å². The van der Waals surface area contributed by atoms with Gasteiger partial charge in [0.1, 0.15) is 0 Å². The van der Waals surface area contributed by atoms with Gasteiger partial charge in [-0.15, -0.1) is 0 Å². The van der Waals surface area contributed by atoms with E-state index in [-0.39, 0.29) is 17.5 Å². The highest BCUT2D eigenvalue weighted by atomic mass is 35.5. The van der Waals surface area contributed by atoms with Crippen LogP contribution >= 0.6 is 23.2 Å². The zero-order chi connectivity index (χ0) is 20.4. The summed E-state index contributed by atoms with van der Waals surface area (Å²) in [6.45, 7) is 0.909. The Labute approximate surface area is 171 Å². The van der Waals surface area contributed by atoms with Crippen LogP contribution in [0.2, 0.25) is 10.0 Å². The summed E-state index contributed by atoms with van der Waals surface area (Å²) in [5, 5.41) is 31.9. The number of hydrogen-bond acceptors (Lipinski definition) is 5. The molecule has 148 valence electrons. The zero-order valence-electron chi connectivity index (χ0n) is 14.7. The number of aromatic hydroxyl groups is 3. The van der Waals surface area contributed by atoms with Gasteiger partial charge in [0, 0.05) is 30.3 Å². The first-order valence-electron chi connectivity index (χ1n) is 8.56. The van der Waals surface area contributed by atoms with Crippen LogP contribution in [0, 0.1) is 0 Å². The number of hydrogen-bond donors (Lipinski definition) is 4. The molecule has 2 aromatic carbocycles. The van der Waals surface area contributed by atoms with Gasteiger partial charge in [0.25, 0.3) is 11.8 Å². The number of phenolic OH excluding ortho intramolecular Hbond substituents is 3. The molecule has 4 N–H and O–H groups in total. The maximum absolute atomic E-state index is 12.6. The van der Waals surface area contributed by atoms with Gasteiger partial charge in [-0.3, -0.25) is 9.59 Å². The minimum Gasteiger partial charge on any atom is -0.504 e. The van der Waals surface area contributed by atoms with Gasteiger partial charge in [-0.05, 0) is 43.2 Å². The lowest BCUT2D eigenvalue weighted by Gasteiger charge is -2.32. The number of halogens is 2. The predicted molar refractivity (Wildman–Crippen MR) is 104 cm³/mol. The van der Waals surface area contributed by atoms with Crippen molar-refractivity contribution in [1.82, 2.24) is 10.2 Å². The topological polar surface area (TPSA) is 110 Å². The van der Waals surface area contributed by atoms with E-state index in [0.29, 0.717) is 41.5 Å². The van der Waals surface area contributed by atoms with Crippen LogP contribution in [0.25, 0.3) is 0 Å². The smallest absolute Gasteiger partial charge is 0.253 e. The third kappa shape index (κ3) is 4.26. The summed E-state index contributed by atoms with van der Waals surface area (Å²) in [7, 11) is 0. The monoisotopic (exact) mass is 424 g/mol. The molecule has 1 aliphatic rings. The van der Waals surface area contributed by atoms with E-state index in [0.717, 1.165) is 12.1 Å². The summed E-state index contributed by atoms with van der Waals surface area (Å²) in [5.41, 5.74) is 0.481. The van der Waals surface area contributed by atoms with E-state index in [1.807, 2.05) is 0 Å². The fourth-order valence-electron chi connectivity index (χ4n) is 3.04. The molecule has 1 aliphatic heterocycles. The van der Waals surface area contributed by atoms with Crippen LogP contribution in [0.1, 0.15) is 33.6 Å². The minimum absolute atomic E-state index is 0.0297. The van der Waals surface area contributed by atoms with Gasteiger partial charge in [-0.2, -0.15) is 0 Å². The predicted octanol–water partition coefficient (Wildman–Crippen LogP) is 3.14. The average molecular weight is 425 g/mol. The highest BCUT2D eigenvalue weighted by Gasteiger charge is 2.25. The molecule has 2 aromatic rings. The first-order chi connectivity index (χ1) is 13.3. The summed E-state index contributed by atoms with van der Waals surface area (Å²) < 4.78 is 0. The lowest BCUT2D eigenvalue weighted by atomic mass is 10.0. The second kappa shape index (κ2) is 8.16. The first kappa shape index (κ1) is 20.1. The molecule has 3 rings (SSSR count). The lowest BCUT2D eigenvalue weighted by Crippen LogP contribution is -2.46. The van der Waals surface area contributed by atoms with Crippen LogP contribution in [-0.2, 0) is 0 Å². The Bertz CT molecular complexity index is 904. The largest absolute Gasteiger partial charge is 0.504 e. The van der Waals surface area contributed by atoms with Crippen LogP contribution in [0.15, 0.2) is 30.3 Å². The minimum atomic E-state index is -0.675. The second-order valence-corrected chi connectivity index (χ2v) is 7.35. The molecule has 9 heteroatoms. The van der Waals surface area contributed by atoms with E-state index in [1.165, 1.54) is 6.07 Å². The second-order valence-electron chi connectivity index (χ2n) is 6.53. The molecule has 0 spiro atoms. The molecule has 0 aromatic heterocycles. The van der Waals surface area contributed by atoms with Crippen molar-refractivity contribution in [1.29, 1.82) is 0 Å². The summed E-state index contributed by atoms with van der Waals surface area (Å²) in [4.78, 5) is 26.6. The van der Waals surface area contributed by atoms with E-state index in [2.05, 4.69) is 5.32 Å². The van der Waals surface area contributed by atoms with Gasteiger partial charge in [-0.25, -0.2) is 0 Å². The van der Waals surface area contributed by atoms with Crippen LogP contribution in [-0.4, -0.2) is 51.2 Å². The van der Waals surface area contributed by atoms with Crippen molar-refractivity contribution in [3.05, 3.63) is 51.5 Å². The Kier molecular flexibility index (Phi) is 5.86. The van der Waals surface area contributed by atoms with E-state index < -0.39 is 23.2 Å². The molecule has 1 fully saturated rings. The van der Waals surface area contributed by atoms with Crippen molar-refractivity contribution in [2.24, 2.45) is 0 Å². The lowest BCUT2D eigenvalue weighted by molar-refractivity contribution is 0.0698. The Hall–Kier alpha value is -2.64. The van der Waals surface area contributed by atoms with Crippen molar-refractivity contribution in [2.75, 3.05) is 13.1 Å². The molecule has 28 heavy (non-hydrogen) atoms. The van der Waals surface area contributed by atoms with Crippen LogP contribution in [0.4, 0.5) is 0 Å². The van der Waals surface area contributed by atoms with Crippen LogP contribution in [0.3, 0.4) is 0 Å². The molecule has 7 nitrogen and oxygen atoms in total. The quantitative estimate of drug-likeness (QED) is 0.565. The fraction of sp³-hybridized carbons (Fsp3) is 0.263. The Morgan fingerprint density at radius 1 is 0.929 bits per heavy atom. The van der Waals surface area contributed by atoms with Gasteiger partial charge < -0.3 is 25.5 Å². The third-order valence-corrected chi connectivity index (χ3v) is 5.35. The van der Waals surface area contributed by atoms with Gasteiger partial charge >= 0.3 is 0 Å². The van der Waals surface area contributed by atoms with E-state index in [9.17, 15) is 24.9 Å². The standard InChI is InChI=1S/C19H18Cl2N2O5/c20-13-2-1-10(7-14(13)21)19(28)23-5-3-12(4-6-23)22-18(27)11-8-15(24)17(26)16(25)9-11/h1-2,7-9,12,24-26H,3-6H2,(H,22,27). The molecule has 0 atom stereocenters. The highest BCUT2D eigenvalue weighted by molar-refractivity contribution is 6.42. The number of piperidine rings is 1. The maximum atomic E-state index is 12.6. The number of benzene rings is 2. The number of carbonyl (C=O) groups excluding carboxylic acids is 2. The SMILES string of the molecule is O=C(NC1CCN(C(=O)c2ccc(Cl)c(Cl)c2)CC1)c1cc(O)c(O)c(O)c1. The molecular formula is C19H18Cl2N2O5. The molecule has 0 bridgehead atoms. The first-order valence-corrected chi connectivity index (χ1v) is 9.32. The Morgan fingerprint density at radius 3 is 2.11 bits per heavy atom. The molecule has 1 heterocycles. The molecular weight excluding hydrogens is 407 g/mol. The molecule has 0 aliphatic carbocycles. The van der Waals surface area contributed by atoms with Crippen LogP contribution < -0.4 is 5.32 Å².